The van der Waals surface area contributed by atoms with E-state index in [-0.39, 0.29) is 5.91 Å². The highest BCUT2D eigenvalue weighted by molar-refractivity contribution is 5.73. The van der Waals surface area contributed by atoms with Gasteiger partial charge in [0.1, 0.15) is 0 Å². The van der Waals surface area contributed by atoms with Gasteiger partial charge in [-0.25, -0.2) is 0 Å². The zero-order valence-corrected chi connectivity index (χ0v) is 8.42. The molecule has 3 nitrogen and oxygen atoms in total. The Balaban J connectivity index is 0.000000561. The average molecular weight is 173 g/mol. The number of hydrogen-bond donors (Lipinski definition) is 1. The fourth-order valence-electron chi connectivity index (χ4n) is 1.21. The third-order valence-electron chi connectivity index (χ3n) is 1.90. The predicted octanol–water partition coefficient (Wildman–Crippen LogP) is 1.02. The van der Waals surface area contributed by atoms with Crippen LogP contribution in [0.4, 0.5) is 0 Å². The minimum absolute atomic E-state index is 0.0535. The molecule has 1 aliphatic heterocycles. The molecular weight excluding hydrogens is 154 g/mol. The van der Waals surface area contributed by atoms with E-state index in [4.69, 9.17) is 0 Å². The number of likely N-dealkylation sites (tertiary alicyclic amines) is 1. The molecule has 1 heterocycles. The lowest BCUT2D eigenvalue weighted by molar-refractivity contribution is -0.128. The van der Waals surface area contributed by atoms with Crippen molar-refractivity contribution in [1.82, 2.24) is 4.90 Å². The van der Waals surface area contributed by atoms with Crippen LogP contribution in [-0.2, 0) is 4.79 Å². The molecule has 0 aromatic carbocycles. The molecule has 0 aliphatic carbocycles. The van der Waals surface area contributed by atoms with Gasteiger partial charge in [0.05, 0.1) is 5.60 Å². The number of amides is 1. The number of carbonyl (C=O) groups excluding carboxylic acids is 1. The van der Waals surface area contributed by atoms with Gasteiger partial charge in [0.2, 0.25) is 5.91 Å². The highest BCUT2D eigenvalue weighted by Crippen LogP contribution is 2.19. The van der Waals surface area contributed by atoms with Gasteiger partial charge in [0.25, 0.3) is 0 Å². The SMILES string of the molecule is CC.CC(=O)N1CCC(C)(O)C1. The molecule has 1 fully saturated rings. The lowest BCUT2D eigenvalue weighted by Crippen LogP contribution is -2.32. The van der Waals surface area contributed by atoms with E-state index in [1.54, 1.807) is 11.8 Å². The minimum Gasteiger partial charge on any atom is -0.388 e. The summed E-state index contributed by atoms with van der Waals surface area (Å²) in [5.41, 5.74) is -0.647. The fraction of sp³-hybridized carbons (Fsp3) is 0.889. The first-order valence-corrected chi connectivity index (χ1v) is 4.49. The third-order valence-corrected chi connectivity index (χ3v) is 1.90. The molecule has 1 amide bonds. The Labute approximate surface area is 74.4 Å². The van der Waals surface area contributed by atoms with E-state index in [0.29, 0.717) is 19.5 Å². The summed E-state index contributed by atoms with van der Waals surface area (Å²) in [6.07, 6.45) is 0.701. The molecule has 1 saturated heterocycles. The van der Waals surface area contributed by atoms with Crippen LogP contribution in [0.1, 0.15) is 34.1 Å². The van der Waals surface area contributed by atoms with Crippen LogP contribution in [0.5, 0.6) is 0 Å². The zero-order valence-electron chi connectivity index (χ0n) is 8.42. The summed E-state index contributed by atoms with van der Waals surface area (Å²) < 4.78 is 0. The zero-order chi connectivity index (χ0) is 9.78. The second-order valence-electron chi connectivity index (χ2n) is 3.19. The maximum absolute atomic E-state index is 10.7. The average Bonchev–Trinajstić information content (AvgIpc) is 2.35. The summed E-state index contributed by atoms with van der Waals surface area (Å²) in [6, 6.07) is 0. The normalized spacial score (nSPS) is 27.9. The first-order chi connectivity index (χ1) is 5.51. The van der Waals surface area contributed by atoms with Gasteiger partial charge < -0.3 is 10.0 Å². The van der Waals surface area contributed by atoms with Crippen molar-refractivity contribution in [3.63, 3.8) is 0 Å². The number of aliphatic hydroxyl groups is 1. The third kappa shape index (κ3) is 3.22. The van der Waals surface area contributed by atoms with Crippen LogP contribution in [0.25, 0.3) is 0 Å². The van der Waals surface area contributed by atoms with Gasteiger partial charge in [0, 0.05) is 20.0 Å². The number of hydrogen-bond acceptors (Lipinski definition) is 2. The van der Waals surface area contributed by atoms with Crippen LogP contribution in [0, 0.1) is 0 Å². The summed E-state index contributed by atoms with van der Waals surface area (Å²) in [5.74, 6) is 0.0535. The number of nitrogens with zero attached hydrogens (tertiary/aromatic N) is 1. The van der Waals surface area contributed by atoms with E-state index < -0.39 is 5.60 Å². The molecule has 0 saturated carbocycles. The van der Waals surface area contributed by atoms with Gasteiger partial charge >= 0.3 is 0 Å². The Morgan fingerprint density at radius 1 is 1.50 bits per heavy atom. The van der Waals surface area contributed by atoms with Crippen molar-refractivity contribution >= 4 is 5.91 Å². The second-order valence-corrected chi connectivity index (χ2v) is 3.19. The lowest BCUT2D eigenvalue weighted by Gasteiger charge is -2.16. The van der Waals surface area contributed by atoms with Crippen molar-refractivity contribution in [2.24, 2.45) is 0 Å². The van der Waals surface area contributed by atoms with Crippen molar-refractivity contribution < 1.29 is 9.90 Å². The second kappa shape index (κ2) is 4.45. The number of carbonyl (C=O) groups is 1. The van der Waals surface area contributed by atoms with Gasteiger partial charge in [0.15, 0.2) is 0 Å². The van der Waals surface area contributed by atoms with E-state index in [9.17, 15) is 9.90 Å². The summed E-state index contributed by atoms with van der Waals surface area (Å²) in [4.78, 5) is 12.4. The minimum atomic E-state index is -0.647. The summed E-state index contributed by atoms with van der Waals surface area (Å²) in [5, 5.41) is 9.42. The van der Waals surface area contributed by atoms with E-state index >= 15 is 0 Å². The molecule has 1 atom stereocenters. The predicted molar refractivity (Wildman–Crippen MR) is 48.8 cm³/mol. The molecule has 0 aromatic heterocycles. The molecule has 0 aromatic rings. The van der Waals surface area contributed by atoms with E-state index in [2.05, 4.69) is 0 Å². The Bertz CT molecular complexity index is 155. The molecule has 1 unspecified atom stereocenters. The van der Waals surface area contributed by atoms with Crippen molar-refractivity contribution in [3.05, 3.63) is 0 Å². The first kappa shape index (κ1) is 11.4. The van der Waals surface area contributed by atoms with Crippen LogP contribution in [-0.4, -0.2) is 34.6 Å². The largest absolute Gasteiger partial charge is 0.388 e. The van der Waals surface area contributed by atoms with Gasteiger partial charge in [-0.05, 0) is 13.3 Å². The maximum atomic E-state index is 10.7. The highest BCUT2D eigenvalue weighted by atomic mass is 16.3. The number of rotatable bonds is 0. The van der Waals surface area contributed by atoms with Crippen LogP contribution < -0.4 is 0 Å². The lowest BCUT2D eigenvalue weighted by atomic mass is 10.1. The van der Waals surface area contributed by atoms with Crippen molar-refractivity contribution in [2.45, 2.75) is 39.7 Å². The molecule has 0 bridgehead atoms. The van der Waals surface area contributed by atoms with Crippen molar-refractivity contribution in [3.8, 4) is 0 Å². The molecular formula is C9H19NO2. The standard InChI is InChI=1S/C7H13NO2.C2H6/c1-6(9)8-4-3-7(2,10)5-8;1-2/h10H,3-5H2,1-2H3;1-2H3. The Morgan fingerprint density at radius 3 is 2.17 bits per heavy atom. The van der Waals surface area contributed by atoms with E-state index in [0.717, 1.165) is 0 Å². The smallest absolute Gasteiger partial charge is 0.219 e. The quantitative estimate of drug-likeness (QED) is 0.594. The Hall–Kier alpha value is -0.570. The van der Waals surface area contributed by atoms with Gasteiger partial charge in [-0.2, -0.15) is 0 Å². The van der Waals surface area contributed by atoms with Crippen LogP contribution in [0.2, 0.25) is 0 Å². The van der Waals surface area contributed by atoms with Gasteiger partial charge in [-0.1, -0.05) is 13.8 Å². The van der Waals surface area contributed by atoms with Crippen molar-refractivity contribution in [2.75, 3.05) is 13.1 Å². The topological polar surface area (TPSA) is 40.5 Å². The monoisotopic (exact) mass is 173 g/mol. The molecule has 3 heteroatoms. The molecule has 1 rings (SSSR count). The molecule has 1 N–H and O–H groups in total. The van der Waals surface area contributed by atoms with Crippen molar-refractivity contribution in [1.29, 1.82) is 0 Å². The molecule has 0 radical (unpaired) electrons. The highest BCUT2D eigenvalue weighted by Gasteiger charge is 2.32. The van der Waals surface area contributed by atoms with E-state index in [1.807, 2.05) is 13.8 Å². The Morgan fingerprint density at radius 2 is 2.00 bits per heavy atom. The Kier molecular flexibility index (Phi) is 4.24. The maximum Gasteiger partial charge on any atom is 0.219 e. The summed E-state index contributed by atoms with van der Waals surface area (Å²) in [6.45, 7) is 8.47. The first-order valence-electron chi connectivity index (χ1n) is 4.49. The van der Waals surface area contributed by atoms with Crippen LogP contribution in [0.3, 0.4) is 0 Å². The van der Waals surface area contributed by atoms with Gasteiger partial charge in [-0.3, -0.25) is 4.79 Å². The molecule has 0 spiro atoms. The fourth-order valence-corrected chi connectivity index (χ4v) is 1.21. The van der Waals surface area contributed by atoms with E-state index in [1.165, 1.54) is 6.92 Å². The van der Waals surface area contributed by atoms with Gasteiger partial charge in [-0.15, -0.1) is 0 Å². The van der Waals surface area contributed by atoms with Crippen LogP contribution >= 0.6 is 0 Å². The summed E-state index contributed by atoms with van der Waals surface area (Å²) in [7, 11) is 0. The number of β-amino-alcohol motifs (C(OH)–C–C–N with tert-alkyl or cyclic N) is 1. The molecule has 1 aliphatic rings. The summed E-state index contributed by atoms with van der Waals surface area (Å²) >= 11 is 0. The molecule has 72 valence electrons. The van der Waals surface area contributed by atoms with Crippen LogP contribution in [0.15, 0.2) is 0 Å². The molecule has 12 heavy (non-hydrogen) atoms.